The van der Waals surface area contributed by atoms with E-state index in [1.807, 2.05) is 24.3 Å². The van der Waals surface area contributed by atoms with Crippen molar-refractivity contribution < 1.29 is 19.4 Å². The van der Waals surface area contributed by atoms with Crippen LogP contribution in [0.4, 0.5) is 5.95 Å². The summed E-state index contributed by atoms with van der Waals surface area (Å²) in [7, 11) is 0. The summed E-state index contributed by atoms with van der Waals surface area (Å²) in [6.45, 7) is 8.94. The molecule has 3 aromatic rings. The second kappa shape index (κ2) is 14.7. The number of rotatable bonds is 12. The third-order valence-corrected chi connectivity index (χ3v) is 9.92. The van der Waals surface area contributed by atoms with Gasteiger partial charge in [0.25, 0.3) is 0 Å². The summed E-state index contributed by atoms with van der Waals surface area (Å²) in [6.07, 6.45) is 7.68. The monoisotopic (exact) mass is 681 g/mol. The average Bonchev–Trinajstić information content (AvgIpc) is 3.85. The van der Waals surface area contributed by atoms with Crippen molar-refractivity contribution in [3.05, 3.63) is 58.3 Å². The summed E-state index contributed by atoms with van der Waals surface area (Å²) in [6, 6.07) is 9.36. The summed E-state index contributed by atoms with van der Waals surface area (Å²) in [4.78, 5) is 43.7. The predicted octanol–water partition coefficient (Wildman–Crippen LogP) is 5.36. The van der Waals surface area contributed by atoms with Crippen molar-refractivity contribution in [1.29, 1.82) is 0 Å². The van der Waals surface area contributed by atoms with Crippen LogP contribution in [0.1, 0.15) is 44.6 Å². The molecule has 2 N–H and O–H groups in total. The molecule has 2 aromatic heterocycles. The van der Waals surface area contributed by atoms with Crippen molar-refractivity contribution >= 4 is 41.0 Å². The van der Waals surface area contributed by atoms with Gasteiger partial charge in [0.2, 0.25) is 17.7 Å². The van der Waals surface area contributed by atoms with Crippen LogP contribution < -0.4 is 15.0 Å². The Labute approximate surface area is 285 Å². The number of carbonyl (C=O) groups excluding carboxylic acids is 1. The van der Waals surface area contributed by atoms with Gasteiger partial charge in [-0.05, 0) is 87.5 Å². The van der Waals surface area contributed by atoms with E-state index in [4.69, 9.17) is 32.9 Å². The van der Waals surface area contributed by atoms with Crippen molar-refractivity contribution in [1.82, 2.24) is 30.1 Å². The highest BCUT2D eigenvalue weighted by Gasteiger charge is 2.49. The SMILES string of the molecule is CC(=O)NCC1CCN(Cc2cc(Oc3cnc(N4CCN(CCC5(C(=O)O)CC5)CC4)nc3)nc(-c3cc(Cl)cc(Cl)c3)c2)CC1. The zero-order chi connectivity index (χ0) is 33.0. The van der Waals surface area contributed by atoms with Crippen LogP contribution in [0.15, 0.2) is 42.7 Å². The average molecular weight is 683 g/mol. The van der Waals surface area contributed by atoms with Crippen LogP contribution in [0.5, 0.6) is 11.6 Å². The van der Waals surface area contributed by atoms with Gasteiger partial charge in [0.1, 0.15) is 0 Å². The molecular weight excluding hydrogens is 641 g/mol. The second-order valence-corrected chi connectivity index (χ2v) is 13.9. The second-order valence-electron chi connectivity index (χ2n) is 13.0. The maximum atomic E-state index is 11.5. The Bertz CT molecular complexity index is 1550. The molecule has 0 radical (unpaired) electrons. The topological polar surface area (TPSA) is 124 Å². The molecule has 0 spiro atoms. The van der Waals surface area contributed by atoms with Crippen LogP contribution in [-0.2, 0) is 16.1 Å². The fourth-order valence-electron chi connectivity index (χ4n) is 6.36. The van der Waals surface area contributed by atoms with E-state index in [1.165, 1.54) is 0 Å². The molecule has 11 nitrogen and oxygen atoms in total. The molecule has 4 heterocycles. The van der Waals surface area contributed by atoms with Crippen LogP contribution in [0, 0.1) is 11.3 Å². The third-order valence-electron chi connectivity index (χ3n) is 9.48. The van der Waals surface area contributed by atoms with Gasteiger partial charge in [-0.25, -0.2) is 15.0 Å². The molecule has 0 bridgehead atoms. The number of pyridine rings is 1. The number of anilines is 1. The number of hydrogen-bond donors (Lipinski definition) is 2. The van der Waals surface area contributed by atoms with E-state index in [1.54, 1.807) is 25.4 Å². The standard InChI is InChI=1S/C34H41Cl2N7O4/c1-23(44)37-19-24-2-7-42(8-3-24)22-25-14-30(26-16-27(35)18-28(36)17-26)40-31(15-25)47-29-20-38-33(39-21-29)43-12-10-41(11-13-43)9-6-34(4-5-34)32(45)46/h14-18,20-21,24H,2-13,19,22H2,1H3,(H,37,44)(H,45,46). The molecule has 1 aliphatic carbocycles. The molecule has 3 fully saturated rings. The highest BCUT2D eigenvalue weighted by atomic mass is 35.5. The number of benzene rings is 1. The minimum Gasteiger partial charge on any atom is -0.481 e. The number of carboxylic acid groups (broad SMARTS) is 1. The highest BCUT2D eigenvalue weighted by molar-refractivity contribution is 6.35. The van der Waals surface area contributed by atoms with Crippen LogP contribution in [-0.4, -0.2) is 94.1 Å². The van der Waals surface area contributed by atoms with E-state index in [2.05, 4.69) is 30.0 Å². The number of halogens is 2. The first-order valence-electron chi connectivity index (χ1n) is 16.3. The van der Waals surface area contributed by atoms with Gasteiger partial charge in [0.15, 0.2) is 5.75 Å². The van der Waals surface area contributed by atoms with Crippen LogP contribution in [0.3, 0.4) is 0 Å². The predicted molar refractivity (Wildman–Crippen MR) is 181 cm³/mol. The lowest BCUT2D eigenvalue weighted by Crippen LogP contribution is -2.47. The Morgan fingerprint density at radius 1 is 0.957 bits per heavy atom. The summed E-state index contributed by atoms with van der Waals surface area (Å²) in [5, 5.41) is 13.5. The molecule has 250 valence electrons. The fraction of sp³-hybridized carbons (Fsp3) is 0.500. The highest BCUT2D eigenvalue weighted by Crippen LogP contribution is 2.49. The molecule has 0 atom stereocenters. The number of nitrogens with one attached hydrogen (secondary N) is 1. The van der Waals surface area contributed by atoms with Gasteiger partial charge in [-0.1, -0.05) is 23.2 Å². The number of carbonyl (C=O) groups is 2. The number of amides is 1. The number of ether oxygens (including phenoxy) is 1. The first-order valence-corrected chi connectivity index (χ1v) is 17.0. The molecule has 47 heavy (non-hydrogen) atoms. The molecule has 1 aromatic carbocycles. The molecular formula is C34H41Cl2N7O4. The molecule has 0 unspecified atom stereocenters. The zero-order valence-electron chi connectivity index (χ0n) is 26.6. The molecule has 13 heteroatoms. The summed E-state index contributed by atoms with van der Waals surface area (Å²) >= 11 is 12.7. The molecule has 1 amide bonds. The Kier molecular flexibility index (Phi) is 10.5. The molecule has 3 aliphatic rings. The number of likely N-dealkylation sites (tertiary alicyclic amines) is 1. The lowest BCUT2D eigenvalue weighted by atomic mass is 9.96. The number of carboxylic acids is 1. The maximum Gasteiger partial charge on any atom is 0.309 e. The number of aromatic nitrogens is 3. The van der Waals surface area contributed by atoms with Crippen molar-refractivity contribution in [2.75, 3.05) is 57.3 Å². The van der Waals surface area contributed by atoms with Gasteiger partial charge in [-0.15, -0.1) is 0 Å². The van der Waals surface area contributed by atoms with Crippen molar-refractivity contribution in [2.24, 2.45) is 11.3 Å². The smallest absolute Gasteiger partial charge is 0.309 e. The van der Waals surface area contributed by atoms with Crippen LogP contribution in [0.2, 0.25) is 10.0 Å². The van der Waals surface area contributed by atoms with E-state index in [9.17, 15) is 14.7 Å². The van der Waals surface area contributed by atoms with E-state index in [-0.39, 0.29) is 5.91 Å². The van der Waals surface area contributed by atoms with E-state index in [0.29, 0.717) is 45.7 Å². The minimum atomic E-state index is -0.657. The Balaban J connectivity index is 1.10. The van der Waals surface area contributed by atoms with Gasteiger partial charge < -0.3 is 20.1 Å². The number of hydrogen-bond acceptors (Lipinski definition) is 9. The normalized spacial score (nSPS) is 18.6. The number of piperazine rings is 1. The molecule has 6 rings (SSSR count). The molecule has 2 aliphatic heterocycles. The number of aliphatic carboxylic acids is 1. The van der Waals surface area contributed by atoms with E-state index < -0.39 is 11.4 Å². The van der Waals surface area contributed by atoms with Crippen molar-refractivity contribution in [3.63, 3.8) is 0 Å². The van der Waals surface area contributed by atoms with E-state index in [0.717, 1.165) is 95.7 Å². The lowest BCUT2D eigenvalue weighted by Gasteiger charge is -2.35. The largest absolute Gasteiger partial charge is 0.481 e. The van der Waals surface area contributed by atoms with Gasteiger partial charge in [-0.3, -0.25) is 19.4 Å². The van der Waals surface area contributed by atoms with Crippen LogP contribution in [0.25, 0.3) is 11.3 Å². The first-order chi connectivity index (χ1) is 22.6. The Morgan fingerprint density at radius 2 is 1.64 bits per heavy atom. The first kappa shape index (κ1) is 33.4. The lowest BCUT2D eigenvalue weighted by molar-refractivity contribution is -0.143. The van der Waals surface area contributed by atoms with Crippen LogP contribution >= 0.6 is 23.2 Å². The number of nitrogens with zero attached hydrogens (tertiary/aromatic N) is 6. The molecule has 2 saturated heterocycles. The summed E-state index contributed by atoms with van der Waals surface area (Å²) < 4.78 is 6.22. The van der Waals surface area contributed by atoms with Gasteiger partial charge in [0.05, 0.1) is 23.5 Å². The summed E-state index contributed by atoms with van der Waals surface area (Å²) in [5.41, 5.74) is 2.06. The fourth-order valence-corrected chi connectivity index (χ4v) is 6.88. The maximum absolute atomic E-state index is 11.5. The molecule has 1 saturated carbocycles. The summed E-state index contributed by atoms with van der Waals surface area (Å²) in [5.74, 6) is 1.39. The van der Waals surface area contributed by atoms with Crippen molar-refractivity contribution in [2.45, 2.75) is 45.6 Å². The minimum absolute atomic E-state index is 0.0149. The van der Waals surface area contributed by atoms with Crippen molar-refractivity contribution in [3.8, 4) is 22.9 Å². The Hall–Kier alpha value is -3.51. The van der Waals surface area contributed by atoms with Gasteiger partial charge >= 0.3 is 5.97 Å². The Morgan fingerprint density at radius 3 is 2.26 bits per heavy atom. The third kappa shape index (κ3) is 8.90. The van der Waals surface area contributed by atoms with Gasteiger partial charge in [0, 0.05) is 67.9 Å². The number of piperidine rings is 1. The zero-order valence-corrected chi connectivity index (χ0v) is 28.1. The van der Waals surface area contributed by atoms with Gasteiger partial charge in [-0.2, -0.15) is 0 Å². The quantitative estimate of drug-likeness (QED) is 0.258. The van der Waals surface area contributed by atoms with E-state index >= 15 is 0 Å².